The van der Waals surface area contributed by atoms with Crippen LogP contribution in [0, 0.1) is 11.8 Å². The zero-order valence-electron chi connectivity index (χ0n) is 11.0. The van der Waals surface area contributed by atoms with Gasteiger partial charge in [-0.3, -0.25) is 0 Å². The first-order valence-corrected chi connectivity index (χ1v) is 7.34. The Hall–Kier alpha value is -1.80. The van der Waals surface area contributed by atoms with E-state index in [1.807, 2.05) is 12.3 Å². The second kappa shape index (κ2) is 4.64. The van der Waals surface area contributed by atoms with Crippen molar-refractivity contribution in [3.63, 3.8) is 0 Å². The summed E-state index contributed by atoms with van der Waals surface area (Å²) < 4.78 is 0. The van der Waals surface area contributed by atoms with Gasteiger partial charge in [-0.2, -0.15) is 0 Å². The van der Waals surface area contributed by atoms with Gasteiger partial charge in [-0.15, -0.1) is 0 Å². The molecule has 1 aromatic rings. The number of hydrogen-bond donors (Lipinski definition) is 1. The van der Waals surface area contributed by atoms with Crippen molar-refractivity contribution in [2.24, 2.45) is 11.8 Å². The van der Waals surface area contributed by atoms with Crippen molar-refractivity contribution in [3.05, 3.63) is 63.9 Å². The fourth-order valence-corrected chi connectivity index (χ4v) is 3.38. The highest BCUT2D eigenvalue weighted by Crippen LogP contribution is 2.29. The Morgan fingerprint density at radius 3 is 3.15 bits per heavy atom. The molecule has 2 nitrogen and oxygen atoms in total. The summed E-state index contributed by atoms with van der Waals surface area (Å²) in [5.74, 6) is 0.879. The Morgan fingerprint density at radius 1 is 1.25 bits per heavy atom. The SMILES string of the molecule is Clc1nccc2c1=CC(C1=CC3C=CNC3C=C1)CC=2. The third kappa shape index (κ3) is 1.92. The van der Waals surface area contributed by atoms with Gasteiger partial charge in [0.15, 0.2) is 0 Å². The fourth-order valence-electron chi connectivity index (χ4n) is 3.15. The number of pyridine rings is 1. The number of allylic oxidation sites excluding steroid dienone is 2. The summed E-state index contributed by atoms with van der Waals surface area (Å²) in [6.07, 6.45) is 18.5. The number of aromatic nitrogens is 1. The summed E-state index contributed by atoms with van der Waals surface area (Å²) in [4.78, 5) is 4.18. The normalized spacial score (nSPS) is 29.6. The van der Waals surface area contributed by atoms with Crippen molar-refractivity contribution < 1.29 is 0 Å². The molecule has 3 unspecified atom stereocenters. The lowest BCUT2D eigenvalue weighted by atomic mass is 9.84. The highest BCUT2D eigenvalue weighted by atomic mass is 35.5. The second-order valence-electron chi connectivity index (χ2n) is 5.47. The Labute approximate surface area is 122 Å². The number of halogens is 1. The van der Waals surface area contributed by atoms with Crippen molar-refractivity contribution in [2.75, 3.05) is 0 Å². The number of nitrogens with one attached hydrogen (secondary N) is 1. The lowest BCUT2D eigenvalue weighted by Gasteiger charge is -2.23. The molecule has 0 amide bonds. The molecule has 2 heterocycles. The van der Waals surface area contributed by atoms with Crippen molar-refractivity contribution in [3.8, 4) is 0 Å². The highest BCUT2D eigenvalue weighted by molar-refractivity contribution is 6.29. The lowest BCUT2D eigenvalue weighted by Crippen LogP contribution is -2.32. The van der Waals surface area contributed by atoms with Crippen molar-refractivity contribution in [2.45, 2.75) is 12.5 Å². The van der Waals surface area contributed by atoms with Gasteiger partial charge >= 0.3 is 0 Å². The Morgan fingerprint density at radius 2 is 2.20 bits per heavy atom. The van der Waals surface area contributed by atoms with Gasteiger partial charge in [-0.05, 0) is 29.5 Å². The summed E-state index contributed by atoms with van der Waals surface area (Å²) in [5.41, 5.74) is 1.38. The Balaban J connectivity index is 1.73. The van der Waals surface area contributed by atoms with E-state index in [9.17, 15) is 0 Å². The average Bonchev–Trinajstić information content (AvgIpc) is 2.95. The maximum absolute atomic E-state index is 6.21. The molecule has 3 aliphatic rings. The number of fused-ring (bicyclic) bond motifs is 2. The first-order chi connectivity index (χ1) is 9.81. The van der Waals surface area contributed by atoms with E-state index in [-0.39, 0.29) is 0 Å². The molecule has 100 valence electrons. The molecule has 0 spiro atoms. The minimum absolute atomic E-state index is 0.399. The van der Waals surface area contributed by atoms with Crippen LogP contribution >= 0.6 is 11.6 Å². The standard InChI is InChI=1S/C17H15ClN2/c18-17-15-10-13(2-1-11(15)5-8-20-17)12-3-4-16-14(9-12)6-7-19-16/h1,3-10,13-14,16,19H,2H2. The van der Waals surface area contributed by atoms with Crippen molar-refractivity contribution in [1.82, 2.24) is 10.3 Å². The van der Waals surface area contributed by atoms with Crippen molar-refractivity contribution in [1.29, 1.82) is 0 Å². The van der Waals surface area contributed by atoms with Gasteiger partial charge in [-0.1, -0.05) is 48.1 Å². The topological polar surface area (TPSA) is 24.9 Å². The largest absolute Gasteiger partial charge is 0.384 e. The summed E-state index contributed by atoms with van der Waals surface area (Å²) >= 11 is 6.21. The summed E-state index contributed by atoms with van der Waals surface area (Å²) in [6.45, 7) is 0. The van der Waals surface area contributed by atoms with Crippen LogP contribution in [-0.2, 0) is 0 Å². The number of hydrogen-bond acceptors (Lipinski definition) is 2. The molecule has 1 N–H and O–H groups in total. The zero-order valence-corrected chi connectivity index (χ0v) is 11.7. The molecule has 0 saturated carbocycles. The lowest BCUT2D eigenvalue weighted by molar-refractivity contribution is 0.635. The van der Waals surface area contributed by atoms with E-state index < -0.39 is 0 Å². The van der Waals surface area contributed by atoms with Crippen LogP contribution < -0.4 is 15.8 Å². The van der Waals surface area contributed by atoms with Gasteiger partial charge in [0, 0.05) is 23.3 Å². The Kier molecular flexibility index (Phi) is 2.78. The highest BCUT2D eigenvalue weighted by Gasteiger charge is 2.23. The quantitative estimate of drug-likeness (QED) is 0.796. The van der Waals surface area contributed by atoms with Crippen LogP contribution in [0.1, 0.15) is 6.42 Å². The molecular weight excluding hydrogens is 268 g/mol. The molecule has 2 aliphatic carbocycles. The molecule has 0 fully saturated rings. The molecule has 3 heteroatoms. The average molecular weight is 283 g/mol. The minimum Gasteiger partial charge on any atom is -0.384 e. The summed E-state index contributed by atoms with van der Waals surface area (Å²) in [5, 5.41) is 6.21. The van der Waals surface area contributed by atoms with Crippen LogP contribution in [0.4, 0.5) is 0 Å². The van der Waals surface area contributed by atoms with Gasteiger partial charge in [0.25, 0.3) is 0 Å². The molecule has 3 atom stereocenters. The van der Waals surface area contributed by atoms with Gasteiger partial charge < -0.3 is 5.32 Å². The van der Waals surface area contributed by atoms with E-state index in [0.29, 0.717) is 23.0 Å². The molecule has 0 radical (unpaired) electrons. The molecule has 4 rings (SSSR count). The molecule has 1 aromatic heterocycles. The first-order valence-electron chi connectivity index (χ1n) is 6.96. The van der Waals surface area contributed by atoms with Crippen LogP contribution in [0.3, 0.4) is 0 Å². The monoisotopic (exact) mass is 282 g/mol. The predicted molar refractivity (Wildman–Crippen MR) is 82.3 cm³/mol. The summed E-state index contributed by atoms with van der Waals surface area (Å²) in [6, 6.07) is 2.46. The third-order valence-electron chi connectivity index (χ3n) is 4.27. The van der Waals surface area contributed by atoms with Gasteiger partial charge in [0.05, 0.1) is 6.04 Å². The molecule has 1 aliphatic heterocycles. The van der Waals surface area contributed by atoms with Crippen LogP contribution in [0.15, 0.2) is 48.3 Å². The van der Waals surface area contributed by atoms with Crippen LogP contribution in [0.5, 0.6) is 0 Å². The van der Waals surface area contributed by atoms with Crippen LogP contribution in [0.25, 0.3) is 12.2 Å². The molecular formula is C17H15ClN2. The van der Waals surface area contributed by atoms with E-state index in [2.05, 4.69) is 46.8 Å². The smallest absolute Gasteiger partial charge is 0.136 e. The van der Waals surface area contributed by atoms with Gasteiger partial charge in [0.2, 0.25) is 0 Å². The van der Waals surface area contributed by atoms with Gasteiger partial charge in [-0.25, -0.2) is 4.98 Å². The molecule has 0 bridgehead atoms. The van der Waals surface area contributed by atoms with E-state index >= 15 is 0 Å². The first kappa shape index (κ1) is 12.0. The zero-order chi connectivity index (χ0) is 13.5. The molecule has 0 saturated heterocycles. The molecule has 20 heavy (non-hydrogen) atoms. The second-order valence-corrected chi connectivity index (χ2v) is 5.83. The predicted octanol–water partition coefficient (Wildman–Crippen LogP) is 1.91. The van der Waals surface area contributed by atoms with E-state index in [1.165, 1.54) is 10.8 Å². The Bertz CT molecular complexity index is 758. The van der Waals surface area contributed by atoms with Crippen LogP contribution in [-0.4, -0.2) is 11.0 Å². The van der Waals surface area contributed by atoms with E-state index in [0.717, 1.165) is 11.6 Å². The molecule has 0 aromatic carbocycles. The van der Waals surface area contributed by atoms with Gasteiger partial charge in [0.1, 0.15) is 5.15 Å². The number of rotatable bonds is 1. The number of nitrogens with zero attached hydrogens (tertiary/aromatic N) is 1. The van der Waals surface area contributed by atoms with E-state index in [1.54, 1.807) is 6.20 Å². The fraction of sp³-hybridized carbons (Fsp3) is 0.235. The summed E-state index contributed by atoms with van der Waals surface area (Å²) in [7, 11) is 0. The van der Waals surface area contributed by atoms with E-state index in [4.69, 9.17) is 11.6 Å². The third-order valence-corrected chi connectivity index (χ3v) is 4.57. The van der Waals surface area contributed by atoms with Crippen LogP contribution in [0.2, 0.25) is 5.15 Å². The maximum Gasteiger partial charge on any atom is 0.136 e. The minimum atomic E-state index is 0.399. The van der Waals surface area contributed by atoms with Crippen molar-refractivity contribution >= 4 is 23.8 Å². The maximum atomic E-state index is 6.21.